The number of benzene rings is 1. The van der Waals surface area contributed by atoms with Crippen molar-refractivity contribution in [2.45, 2.75) is 6.54 Å². The molecular formula is C19H21N2O3S+. The Balaban J connectivity index is 1.29. The SMILES string of the molecule is O=C(/C=C/c1cccs1)N1CC[NH+](Cc2ccc3c(c2)OCO3)CC1. The maximum absolute atomic E-state index is 12.3. The van der Waals surface area contributed by atoms with Gasteiger partial charge in [-0.2, -0.15) is 0 Å². The normalized spacial score (nSPS) is 17.4. The summed E-state index contributed by atoms with van der Waals surface area (Å²) in [6, 6.07) is 10.2. The van der Waals surface area contributed by atoms with E-state index in [4.69, 9.17) is 9.47 Å². The van der Waals surface area contributed by atoms with Crippen LogP contribution in [0.2, 0.25) is 0 Å². The third kappa shape index (κ3) is 3.86. The molecular weight excluding hydrogens is 336 g/mol. The summed E-state index contributed by atoms with van der Waals surface area (Å²) in [5, 5.41) is 2.02. The van der Waals surface area contributed by atoms with E-state index >= 15 is 0 Å². The maximum atomic E-state index is 12.3. The first kappa shape index (κ1) is 16.2. The monoisotopic (exact) mass is 357 g/mol. The molecule has 0 radical (unpaired) electrons. The molecule has 1 aromatic carbocycles. The van der Waals surface area contributed by atoms with Gasteiger partial charge >= 0.3 is 0 Å². The molecule has 2 aliphatic rings. The molecule has 1 aromatic heterocycles. The molecule has 0 aliphatic carbocycles. The van der Waals surface area contributed by atoms with Gasteiger partial charge in [-0.25, -0.2) is 0 Å². The van der Waals surface area contributed by atoms with Gasteiger partial charge in [-0.3, -0.25) is 4.79 Å². The van der Waals surface area contributed by atoms with Crippen LogP contribution in [-0.4, -0.2) is 43.8 Å². The Hall–Kier alpha value is -2.31. The van der Waals surface area contributed by atoms with Crippen LogP contribution in [0.3, 0.4) is 0 Å². The quantitative estimate of drug-likeness (QED) is 0.842. The Labute approximate surface area is 151 Å². The van der Waals surface area contributed by atoms with Crippen LogP contribution in [-0.2, 0) is 11.3 Å². The van der Waals surface area contributed by atoms with Gasteiger partial charge in [0, 0.05) is 16.5 Å². The zero-order chi connectivity index (χ0) is 17.1. The van der Waals surface area contributed by atoms with Crippen LogP contribution in [0.25, 0.3) is 6.08 Å². The van der Waals surface area contributed by atoms with Crippen LogP contribution >= 0.6 is 11.3 Å². The second-order valence-electron chi connectivity index (χ2n) is 6.29. The average Bonchev–Trinajstić information content (AvgIpc) is 3.31. The van der Waals surface area contributed by atoms with Crippen LogP contribution in [0.4, 0.5) is 0 Å². The largest absolute Gasteiger partial charge is 0.454 e. The number of quaternary nitrogens is 1. The third-order valence-electron chi connectivity index (χ3n) is 4.61. The number of hydrogen-bond donors (Lipinski definition) is 1. The van der Waals surface area contributed by atoms with Crippen LogP contribution in [0.5, 0.6) is 11.5 Å². The van der Waals surface area contributed by atoms with E-state index in [-0.39, 0.29) is 5.91 Å². The second-order valence-corrected chi connectivity index (χ2v) is 7.27. The first-order valence-electron chi connectivity index (χ1n) is 8.50. The number of rotatable bonds is 4. The average molecular weight is 357 g/mol. The highest BCUT2D eigenvalue weighted by Gasteiger charge is 2.23. The van der Waals surface area contributed by atoms with Gasteiger partial charge in [0.25, 0.3) is 0 Å². The first-order valence-corrected chi connectivity index (χ1v) is 9.38. The molecule has 1 N–H and O–H groups in total. The molecule has 0 atom stereocenters. The van der Waals surface area contributed by atoms with Crippen molar-refractivity contribution in [3.63, 3.8) is 0 Å². The lowest BCUT2D eigenvalue weighted by Gasteiger charge is -2.31. The van der Waals surface area contributed by atoms with Gasteiger partial charge in [-0.05, 0) is 35.7 Å². The van der Waals surface area contributed by atoms with Gasteiger partial charge in [-0.15, -0.1) is 11.3 Å². The van der Waals surface area contributed by atoms with Gasteiger partial charge in [0.1, 0.15) is 6.54 Å². The summed E-state index contributed by atoms with van der Waals surface area (Å²) in [6.07, 6.45) is 3.59. The predicted molar refractivity (Wildman–Crippen MR) is 96.9 cm³/mol. The van der Waals surface area contributed by atoms with Crippen molar-refractivity contribution in [2.75, 3.05) is 33.0 Å². The molecule has 0 saturated carbocycles. The van der Waals surface area contributed by atoms with Crippen molar-refractivity contribution in [3.8, 4) is 11.5 Å². The van der Waals surface area contributed by atoms with E-state index in [0.717, 1.165) is 49.1 Å². The molecule has 2 aromatic rings. The smallest absolute Gasteiger partial charge is 0.247 e. The fourth-order valence-electron chi connectivity index (χ4n) is 3.20. The molecule has 130 valence electrons. The zero-order valence-electron chi connectivity index (χ0n) is 13.9. The third-order valence-corrected chi connectivity index (χ3v) is 5.44. The summed E-state index contributed by atoms with van der Waals surface area (Å²) >= 11 is 1.64. The first-order chi connectivity index (χ1) is 12.3. The molecule has 1 fully saturated rings. The van der Waals surface area contributed by atoms with Crippen molar-refractivity contribution >= 4 is 23.3 Å². The topological polar surface area (TPSA) is 43.2 Å². The van der Waals surface area contributed by atoms with Crippen LogP contribution < -0.4 is 14.4 Å². The Kier molecular flexibility index (Phi) is 4.72. The van der Waals surface area contributed by atoms with E-state index < -0.39 is 0 Å². The van der Waals surface area contributed by atoms with Gasteiger partial charge in [0.15, 0.2) is 11.5 Å². The van der Waals surface area contributed by atoms with E-state index in [1.807, 2.05) is 34.6 Å². The number of piperazine rings is 1. The predicted octanol–water partition coefficient (Wildman–Crippen LogP) is 1.42. The molecule has 1 amide bonds. The van der Waals surface area contributed by atoms with Crippen molar-refractivity contribution in [3.05, 3.63) is 52.2 Å². The van der Waals surface area contributed by atoms with Gasteiger partial charge in [0.2, 0.25) is 12.7 Å². The van der Waals surface area contributed by atoms with E-state index in [9.17, 15) is 4.79 Å². The van der Waals surface area contributed by atoms with E-state index in [0.29, 0.717) is 6.79 Å². The summed E-state index contributed by atoms with van der Waals surface area (Å²) < 4.78 is 10.8. The van der Waals surface area contributed by atoms with Gasteiger partial charge in [-0.1, -0.05) is 6.07 Å². The minimum absolute atomic E-state index is 0.107. The Bertz CT molecular complexity index is 765. The highest BCUT2D eigenvalue weighted by molar-refractivity contribution is 7.10. The summed E-state index contributed by atoms with van der Waals surface area (Å²) in [4.78, 5) is 16.8. The number of hydrogen-bond acceptors (Lipinski definition) is 4. The molecule has 4 rings (SSSR count). The fourth-order valence-corrected chi connectivity index (χ4v) is 3.82. The molecule has 0 spiro atoms. The number of thiophene rings is 1. The molecule has 1 saturated heterocycles. The Morgan fingerprint density at radius 3 is 2.84 bits per heavy atom. The maximum Gasteiger partial charge on any atom is 0.247 e. The Morgan fingerprint density at radius 2 is 2.04 bits per heavy atom. The van der Waals surface area contributed by atoms with Crippen LogP contribution in [0.1, 0.15) is 10.4 Å². The van der Waals surface area contributed by atoms with E-state index in [1.54, 1.807) is 17.4 Å². The Morgan fingerprint density at radius 1 is 1.20 bits per heavy atom. The number of fused-ring (bicyclic) bond motifs is 1. The minimum Gasteiger partial charge on any atom is -0.454 e. The molecule has 6 heteroatoms. The fraction of sp³-hybridized carbons (Fsp3) is 0.316. The van der Waals surface area contributed by atoms with E-state index in [2.05, 4.69) is 12.1 Å². The van der Waals surface area contributed by atoms with Crippen molar-refractivity contribution in [1.29, 1.82) is 0 Å². The lowest BCUT2D eigenvalue weighted by atomic mass is 10.1. The molecule has 0 bridgehead atoms. The molecule has 0 unspecified atom stereocenters. The summed E-state index contributed by atoms with van der Waals surface area (Å²) in [5.74, 6) is 1.77. The number of carbonyl (C=O) groups excluding carboxylic acids is 1. The number of nitrogens with one attached hydrogen (secondary N) is 1. The summed E-state index contributed by atoms with van der Waals surface area (Å²) in [7, 11) is 0. The molecule has 3 heterocycles. The summed E-state index contributed by atoms with van der Waals surface area (Å²) in [5.41, 5.74) is 1.25. The second kappa shape index (κ2) is 7.29. The highest BCUT2D eigenvalue weighted by Crippen LogP contribution is 2.32. The lowest BCUT2D eigenvalue weighted by molar-refractivity contribution is -0.917. The molecule has 2 aliphatic heterocycles. The number of amides is 1. The van der Waals surface area contributed by atoms with Crippen molar-refractivity contribution in [2.24, 2.45) is 0 Å². The number of ether oxygens (including phenoxy) is 2. The van der Waals surface area contributed by atoms with Crippen LogP contribution in [0.15, 0.2) is 41.8 Å². The van der Waals surface area contributed by atoms with E-state index in [1.165, 1.54) is 10.5 Å². The summed E-state index contributed by atoms with van der Waals surface area (Å²) in [6.45, 7) is 4.79. The van der Waals surface area contributed by atoms with Crippen LogP contribution in [0, 0.1) is 0 Å². The van der Waals surface area contributed by atoms with Crippen molar-refractivity contribution < 1.29 is 19.2 Å². The number of carbonyl (C=O) groups is 1. The zero-order valence-corrected chi connectivity index (χ0v) is 14.8. The van der Waals surface area contributed by atoms with Gasteiger partial charge in [0.05, 0.1) is 26.2 Å². The number of nitrogens with zero attached hydrogens (tertiary/aromatic N) is 1. The molecule has 25 heavy (non-hydrogen) atoms. The standard InChI is InChI=1S/C19H20N2O3S/c22-19(6-4-16-2-1-11-25-16)21-9-7-20(8-10-21)13-15-3-5-17-18(12-15)24-14-23-17/h1-6,11-12H,7-10,13-14H2/p+1/b6-4+. The minimum atomic E-state index is 0.107. The highest BCUT2D eigenvalue weighted by atomic mass is 32.1. The van der Waals surface area contributed by atoms with Gasteiger partial charge < -0.3 is 19.3 Å². The lowest BCUT2D eigenvalue weighted by Crippen LogP contribution is -3.13. The van der Waals surface area contributed by atoms with Crippen molar-refractivity contribution in [1.82, 2.24) is 4.90 Å². The molecule has 5 nitrogen and oxygen atoms in total.